The van der Waals surface area contributed by atoms with Crippen LogP contribution in [-0.4, -0.2) is 72.8 Å². The van der Waals surface area contributed by atoms with E-state index in [1.165, 1.54) is 11.8 Å². The number of aliphatic imine (C=N–C) groups is 1. The Balaban J connectivity index is 1.57. The molecule has 1 fully saturated rings. The summed E-state index contributed by atoms with van der Waals surface area (Å²) in [5, 5.41) is 2.64. The van der Waals surface area contributed by atoms with Crippen molar-refractivity contribution in [3.05, 3.63) is 58.3 Å². The topological polar surface area (TPSA) is 97.7 Å². The summed E-state index contributed by atoms with van der Waals surface area (Å²) in [6.07, 6.45) is 1.61. The first kappa shape index (κ1) is 26.9. The Hall–Kier alpha value is -3.11. The largest absolute Gasteiger partial charge is 0.466 e. The number of esters is 2. The molecule has 0 bridgehead atoms. The number of hydrogen-bond acceptors (Lipinski definition) is 9. The fraction of sp³-hybridized carbons (Fsp3) is 0.481. The standard InChI is InChI=1S/C27H33N3O6S/c1-4-35-25(32)20-11-8-12-29(16-20)22(31)15-21-17-37-27-28-18(2)23(26(33)36-14-13-34-3)24(30(21)27)19-9-6-5-7-10-19/h5-7,9-10,17,20,24H,4,8,11-16H2,1-3H3. The van der Waals surface area contributed by atoms with E-state index in [1.807, 2.05) is 40.6 Å². The number of carbonyl (C=O) groups is 3. The maximum absolute atomic E-state index is 13.4. The SMILES string of the molecule is CCOC(=O)C1CCCN(C(=O)CC2=CSC3=NC(C)=C(C(=O)OCCOC)C(c4ccccc4)N23)C1. The van der Waals surface area contributed by atoms with Gasteiger partial charge in [-0.3, -0.25) is 9.59 Å². The van der Waals surface area contributed by atoms with Crippen molar-refractivity contribution in [3.8, 4) is 0 Å². The van der Waals surface area contributed by atoms with Gasteiger partial charge in [-0.25, -0.2) is 9.79 Å². The molecule has 1 aromatic rings. The van der Waals surface area contributed by atoms with Crippen molar-refractivity contribution < 1.29 is 28.6 Å². The molecule has 10 heteroatoms. The van der Waals surface area contributed by atoms with Crippen LogP contribution in [0.5, 0.6) is 0 Å². The average Bonchev–Trinajstić information content (AvgIpc) is 3.30. The molecular formula is C27H33N3O6S. The van der Waals surface area contributed by atoms with Crippen molar-refractivity contribution in [3.63, 3.8) is 0 Å². The summed E-state index contributed by atoms with van der Waals surface area (Å²) in [4.78, 5) is 47.3. The fourth-order valence-corrected chi connectivity index (χ4v) is 5.76. The van der Waals surface area contributed by atoms with E-state index in [0.717, 1.165) is 24.1 Å². The Kier molecular flexibility index (Phi) is 9.04. The molecule has 0 aliphatic carbocycles. The number of piperidine rings is 1. The van der Waals surface area contributed by atoms with E-state index in [1.54, 1.807) is 25.9 Å². The van der Waals surface area contributed by atoms with Crippen molar-refractivity contribution in [2.45, 2.75) is 39.2 Å². The van der Waals surface area contributed by atoms with Crippen LogP contribution in [-0.2, 0) is 28.6 Å². The maximum Gasteiger partial charge on any atom is 0.338 e. The van der Waals surface area contributed by atoms with Crippen LogP contribution in [0.25, 0.3) is 0 Å². The maximum atomic E-state index is 13.4. The number of likely N-dealkylation sites (tertiary alicyclic amines) is 1. The number of amides is 1. The number of nitrogens with zero attached hydrogens (tertiary/aromatic N) is 3. The summed E-state index contributed by atoms with van der Waals surface area (Å²) >= 11 is 1.44. The van der Waals surface area contributed by atoms with Crippen LogP contribution in [0, 0.1) is 5.92 Å². The first-order valence-corrected chi connectivity index (χ1v) is 13.4. The van der Waals surface area contributed by atoms with Gasteiger partial charge in [-0.2, -0.15) is 0 Å². The lowest BCUT2D eigenvalue weighted by Crippen LogP contribution is -2.44. The third-order valence-corrected chi connectivity index (χ3v) is 7.47. The van der Waals surface area contributed by atoms with E-state index in [-0.39, 0.29) is 30.8 Å². The zero-order valence-electron chi connectivity index (χ0n) is 21.5. The average molecular weight is 528 g/mol. The molecule has 2 atom stereocenters. The molecule has 0 N–H and O–H groups in total. The number of ether oxygens (including phenoxy) is 3. The molecule has 1 amide bonds. The molecule has 4 rings (SSSR count). The molecule has 37 heavy (non-hydrogen) atoms. The first-order chi connectivity index (χ1) is 17.9. The lowest BCUT2D eigenvalue weighted by Gasteiger charge is -2.37. The summed E-state index contributed by atoms with van der Waals surface area (Å²) < 4.78 is 15.7. The number of rotatable bonds is 9. The van der Waals surface area contributed by atoms with E-state index in [9.17, 15) is 14.4 Å². The highest BCUT2D eigenvalue weighted by molar-refractivity contribution is 8.16. The highest BCUT2D eigenvalue weighted by Crippen LogP contribution is 2.45. The molecule has 1 aromatic carbocycles. The second-order valence-corrected chi connectivity index (χ2v) is 9.88. The summed E-state index contributed by atoms with van der Waals surface area (Å²) in [6.45, 7) is 5.31. The van der Waals surface area contributed by atoms with Crippen LogP contribution in [0.15, 0.2) is 57.7 Å². The van der Waals surface area contributed by atoms with Crippen LogP contribution < -0.4 is 0 Å². The van der Waals surface area contributed by atoms with Gasteiger partial charge in [-0.05, 0) is 37.7 Å². The minimum atomic E-state index is -0.480. The van der Waals surface area contributed by atoms with Crippen LogP contribution in [0.3, 0.4) is 0 Å². The van der Waals surface area contributed by atoms with Crippen molar-refractivity contribution in [2.24, 2.45) is 10.9 Å². The summed E-state index contributed by atoms with van der Waals surface area (Å²) in [6, 6.07) is 9.20. The third-order valence-electron chi connectivity index (χ3n) is 6.58. The quantitative estimate of drug-likeness (QED) is 0.355. The Morgan fingerprint density at radius 2 is 1.92 bits per heavy atom. The van der Waals surface area contributed by atoms with Crippen molar-refractivity contribution >= 4 is 34.8 Å². The van der Waals surface area contributed by atoms with E-state index in [4.69, 9.17) is 19.2 Å². The normalized spacial score (nSPS) is 21.3. The number of amidine groups is 1. The van der Waals surface area contributed by atoms with Crippen LogP contribution in [0.4, 0.5) is 0 Å². The van der Waals surface area contributed by atoms with Crippen molar-refractivity contribution in [1.29, 1.82) is 0 Å². The summed E-state index contributed by atoms with van der Waals surface area (Å²) in [5.41, 5.74) is 2.68. The number of thioether (sulfide) groups is 1. The third kappa shape index (κ3) is 6.07. The molecule has 9 nitrogen and oxygen atoms in total. The molecule has 3 aliphatic heterocycles. The van der Waals surface area contributed by atoms with E-state index in [0.29, 0.717) is 42.7 Å². The Bertz CT molecular complexity index is 1120. The minimum absolute atomic E-state index is 0.0654. The molecule has 0 spiro atoms. The predicted molar refractivity (Wildman–Crippen MR) is 140 cm³/mol. The smallest absolute Gasteiger partial charge is 0.338 e. The molecule has 2 unspecified atom stereocenters. The predicted octanol–water partition coefficient (Wildman–Crippen LogP) is 3.64. The molecule has 3 heterocycles. The van der Waals surface area contributed by atoms with Gasteiger partial charge < -0.3 is 24.0 Å². The Labute approximate surface area is 221 Å². The van der Waals surface area contributed by atoms with Gasteiger partial charge in [0.15, 0.2) is 5.17 Å². The summed E-state index contributed by atoms with van der Waals surface area (Å²) in [7, 11) is 1.55. The molecule has 3 aliphatic rings. The van der Waals surface area contributed by atoms with Gasteiger partial charge in [0, 0.05) is 25.9 Å². The van der Waals surface area contributed by atoms with Gasteiger partial charge >= 0.3 is 11.9 Å². The number of fused-ring (bicyclic) bond motifs is 1. The van der Waals surface area contributed by atoms with Gasteiger partial charge in [0.1, 0.15) is 6.61 Å². The number of methoxy groups -OCH3 is 1. The molecule has 198 valence electrons. The second-order valence-electron chi connectivity index (χ2n) is 9.04. The Morgan fingerprint density at radius 1 is 1.14 bits per heavy atom. The first-order valence-electron chi connectivity index (χ1n) is 12.5. The highest BCUT2D eigenvalue weighted by Gasteiger charge is 2.41. The van der Waals surface area contributed by atoms with Gasteiger partial charge in [-0.15, -0.1) is 0 Å². The summed E-state index contributed by atoms with van der Waals surface area (Å²) in [5.74, 6) is -1.07. The van der Waals surface area contributed by atoms with Gasteiger partial charge in [0.05, 0.1) is 42.9 Å². The molecule has 0 aromatic heterocycles. The number of carbonyl (C=O) groups excluding carboxylic acids is 3. The second kappa shape index (κ2) is 12.4. The fourth-order valence-electron chi connectivity index (χ4n) is 4.80. The van der Waals surface area contributed by atoms with Crippen LogP contribution in [0.2, 0.25) is 0 Å². The van der Waals surface area contributed by atoms with Gasteiger partial charge in [0.25, 0.3) is 0 Å². The van der Waals surface area contributed by atoms with Crippen LogP contribution >= 0.6 is 11.8 Å². The van der Waals surface area contributed by atoms with E-state index in [2.05, 4.69) is 0 Å². The molecular weight excluding hydrogens is 494 g/mol. The molecule has 0 saturated carbocycles. The zero-order valence-corrected chi connectivity index (χ0v) is 22.3. The number of allylic oxidation sites excluding steroid dienone is 1. The van der Waals surface area contributed by atoms with E-state index >= 15 is 0 Å². The van der Waals surface area contributed by atoms with E-state index < -0.39 is 12.0 Å². The zero-order chi connectivity index (χ0) is 26.4. The highest BCUT2D eigenvalue weighted by atomic mass is 32.2. The van der Waals surface area contributed by atoms with Crippen molar-refractivity contribution in [2.75, 3.05) is 40.0 Å². The molecule has 0 radical (unpaired) electrons. The van der Waals surface area contributed by atoms with Gasteiger partial charge in [0.2, 0.25) is 5.91 Å². The lowest BCUT2D eigenvalue weighted by molar-refractivity contribution is -0.151. The number of hydrogen-bond donors (Lipinski definition) is 0. The van der Waals surface area contributed by atoms with Gasteiger partial charge in [-0.1, -0.05) is 42.1 Å². The minimum Gasteiger partial charge on any atom is -0.466 e. The van der Waals surface area contributed by atoms with Crippen LogP contribution in [0.1, 0.15) is 44.7 Å². The Morgan fingerprint density at radius 3 is 2.65 bits per heavy atom. The lowest BCUT2D eigenvalue weighted by atomic mass is 9.93. The molecule has 1 saturated heterocycles. The monoisotopic (exact) mass is 527 g/mol. The van der Waals surface area contributed by atoms with Crippen molar-refractivity contribution in [1.82, 2.24) is 9.80 Å². The number of benzene rings is 1.